The van der Waals surface area contributed by atoms with Gasteiger partial charge in [-0.1, -0.05) is 0 Å². The van der Waals surface area contributed by atoms with E-state index in [2.05, 4.69) is 31.2 Å². The van der Waals surface area contributed by atoms with Crippen LogP contribution < -0.4 is 14.8 Å². The third-order valence-corrected chi connectivity index (χ3v) is 3.79. The minimum atomic E-state index is -0.687. The predicted octanol–water partition coefficient (Wildman–Crippen LogP) is 2.48. The standard InChI is InChI=1S/C18H27N3O3/c1-18(2,3)21-12-13(10-20-21)9-19-11-16(22)15-8-14(23-4)6-7-17(15)24-5/h6-8,10,12,16,19,22H,9,11H2,1-5H3. The van der Waals surface area contributed by atoms with Crippen molar-refractivity contribution in [3.63, 3.8) is 0 Å². The molecular formula is C18H27N3O3. The molecule has 1 aromatic carbocycles. The first-order chi connectivity index (χ1) is 11.3. The average molecular weight is 333 g/mol. The van der Waals surface area contributed by atoms with Gasteiger partial charge in [-0.2, -0.15) is 5.10 Å². The summed E-state index contributed by atoms with van der Waals surface area (Å²) >= 11 is 0. The van der Waals surface area contributed by atoms with E-state index in [1.807, 2.05) is 23.1 Å². The normalized spacial score (nSPS) is 12.9. The summed E-state index contributed by atoms with van der Waals surface area (Å²) in [6.07, 6.45) is 3.18. The highest BCUT2D eigenvalue weighted by atomic mass is 16.5. The third-order valence-electron chi connectivity index (χ3n) is 3.79. The molecule has 0 spiro atoms. The first kappa shape index (κ1) is 18.3. The van der Waals surface area contributed by atoms with Crippen molar-refractivity contribution in [2.45, 2.75) is 39.0 Å². The Hall–Kier alpha value is -2.05. The van der Waals surface area contributed by atoms with Gasteiger partial charge in [0, 0.05) is 30.4 Å². The van der Waals surface area contributed by atoms with Crippen LogP contribution >= 0.6 is 0 Å². The lowest BCUT2D eigenvalue weighted by Crippen LogP contribution is -2.23. The van der Waals surface area contributed by atoms with E-state index in [-0.39, 0.29) is 5.54 Å². The van der Waals surface area contributed by atoms with Crippen LogP contribution in [0.4, 0.5) is 0 Å². The van der Waals surface area contributed by atoms with Crippen LogP contribution in [0.3, 0.4) is 0 Å². The van der Waals surface area contributed by atoms with Crippen LogP contribution in [0.25, 0.3) is 0 Å². The molecule has 2 rings (SSSR count). The van der Waals surface area contributed by atoms with E-state index >= 15 is 0 Å². The summed E-state index contributed by atoms with van der Waals surface area (Å²) in [7, 11) is 3.19. The van der Waals surface area contributed by atoms with Gasteiger partial charge in [0.05, 0.1) is 32.1 Å². The van der Waals surface area contributed by atoms with E-state index in [1.165, 1.54) is 0 Å². The highest BCUT2D eigenvalue weighted by Gasteiger charge is 2.16. The summed E-state index contributed by atoms with van der Waals surface area (Å²) in [5, 5.41) is 18.1. The van der Waals surface area contributed by atoms with Crippen molar-refractivity contribution >= 4 is 0 Å². The van der Waals surface area contributed by atoms with E-state index in [0.29, 0.717) is 30.2 Å². The van der Waals surface area contributed by atoms with E-state index in [4.69, 9.17) is 9.47 Å². The fraction of sp³-hybridized carbons (Fsp3) is 0.500. The number of aliphatic hydroxyl groups is 1. The predicted molar refractivity (Wildman–Crippen MR) is 93.4 cm³/mol. The fourth-order valence-corrected chi connectivity index (χ4v) is 2.38. The second kappa shape index (κ2) is 7.68. The van der Waals surface area contributed by atoms with E-state index in [0.717, 1.165) is 5.56 Å². The quantitative estimate of drug-likeness (QED) is 0.815. The number of hydrogen-bond acceptors (Lipinski definition) is 5. The SMILES string of the molecule is COc1ccc(OC)c(C(O)CNCc2cnn(C(C)(C)C)c2)c1. The van der Waals surface area contributed by atoms with Gasteiger partial charge in [0.2, 0.25) is 0 Å². The van der Waals surface area contributed by atoms with Crippen molar-refractivity contribution in [3.8, 4) is 11.5 Å². The number of benzene rings is 1. The lowest BCUT2D eigenvalue weighted by atomic mass is 10.1. The van der Waals surface area contributed by atoms with Crippen molar-refractivity contribution in [3.05, 3.63) is 41.7 Å². The largest absolute Gasteiger partial charge is 0.497 e. The summed E-state index contributed by atoms with van der Waals surface area (Å²) in [6, 6.07) is 5.40. The number of aromatic nitrogens is 2. The topological polar surface area (TPSA) is 68.5 Å². The van der Waals surface area contributed by atoms with Crippen LogP contribution in [0.5, 0.6) is 11.5 Å². The van der Waals surface area contributed by atoms with Gasteiger partial charge in [-0.15, -0.1) is 0 Å². The lowest BCUT2D eigenvalue weighted by molar-refractivity contribution is 0.169. The number of nitrogens with one attached hydrogen (secondary N) is 1. The molecule has 0 bridgehead atoms. The fourth-order valence-electron chi connectivity index (χ4n) is 2.38. The van der Waals surface area contributed by atoms with Gasteiger partial charge >= 0.3 is 0 Å². The molecule has 0 aliphatic rings. The van der Waals surface area contributed by atoms with E-state index in [9.17, 15) is 5.11 Å². The molecule has 6 heteroatoms. The van der Waals surface area contributed by atoms with Crippen LogP contribution in [0.15, 0.2) is 30.6 Å². The second-order valence-corrected chi connectivity index (χ2v) is 6.72. The van der Waals surface area contributed by atoms with Gasteiger partial charge in [-0.05, 0) is 39.0 Å². The smallest absolute Gasteiger partial charge is 0.124 e. The van der Waals surface area contributed by atoms with E-state index < -0.39 is 6.10 Å². The molecule has 0 amide bonds. The Balaban J connectivity index is 1.96. The zero-order chi connectivity index (χ0) is 17.7. The molecule has 0 aliphatic carbocycles. The molecule has 24 heavy (non-hydrogen) atoms. The van der Waals surface area contributed by atoms with Crippen molar-refractivity contribution in [2.75, 3.05) is 20.8 Å². The van der Waals surface area contributed by atoms with Gasteiger partial charge in [-0.3, -0.25) is 4.68 Å². The molecule has 132 valence electrons. The van der Waals surface area contributed by atoms with Crippen LogP contribution in [0, 0.1) is 0 Å². The summed E-state index contributed by atoms with van der Waals surface area (Å²) in [6.45, 7) is 7.37. The Kier molecular flexibility index (Phi) is 5.85. The number of nitrogens with zero attached hydrogens (tertiary/aromatic N) is 2. The maximum atomic E-state index is 10.4. The first-order valence-corrected chi connectivity index (χ1v) is 8.00. The zero-order valence-corrected chi connectivity index (χ0v) is 15.0. The molecule has 1 unspecified atom stereocenters. The first-order valence-electron chi connectivity index (χ1n) is 8.00. The average Bonchev–Trinajstić information content (AvgIpc) is 3.03. The Morgan fingerprint density at radius 3 is 2.58 bits per heavy atom. The van der Waals surface area contributed by atoms with Crippen molar-refractivity contribution in [1.29, 1.82) is 0 Å². The van der Waals surface area contributed by atoms with Gasteiger partial charge < -0.3 is 19.9 Å². The summed E-state index contributed by atoms with van der Waals surface area (Å²) < 4.78 is 12.5. The molecular weight excluding hydrogens is 306 g/mol. The van der Waals surface area contributed by atoms with Crippen LogP contribution in [-0.2, 0) is 12.1 Å². The Morgan fingerprint density at radius 1 is 1.25 bits per heavy atom. The Bertz CT molecular complexity index is 662. The van der Waals surface area contributed by atoms with Crippen LogP contribution in [-0.4, -0.2) is 35.7 Å². The third kappa shape index (κ3) is 4.49. The second-order valence-electron chi connectivity index (χ2n) is 6.72. The van der Waals surface area contributed by atoms with E-state index in [1.54, 1.807) is 26.4 Å². The monoisotopic (exact) mass is 333 g/mol. The van der Waals surface area contributed by atoms with Crippen molar-refractivity contribution in [1.82, 2.24) is 15.1 Å². The molecule has 0 saturated carbocycles. The molecule has 0 fully saturated rings. The maximum absolute atomic E-state index is 10.4. The molecule has 2 N–H and O–H groups in total. The number of ether oxygens (including phenoxy) is 2. The zero-order valence-electron chi connectivity index (χ0n) is 15.0. The molecule has 0 aliphatic heterocycles. The summed E-state index contributed by atoms with van der Waals surface area (Å²) in [5.74, 6) is 1.34. The highest BCUT2D eigenvalue weighted by Crippen LogP contribution is 2.29. The molecule has 1 aromatic heterocycles. The van der Waals surface area contributed by atoms with Crippen molar-refractivity contribution in [2.24, 2.45) is 0 Å². The molecule has 0 saturated heterocycles. The number of rotatable bonds is 7. The molecule has 1 atom stereocenters. The minimum Gasteiger partial charge on any atom is -0.497 e. The lowest BCUT2D eigenvalue weighted by Gasteiger charge is -2.18. The Morgan fingerprint density at radius 2 is 2.00 bits per heavy atom. The number of methoxy groups -OCH3 is 2. The van der Waals surface area contributed by atoms with Gasteiger partial charge in [0.1, 0.15) is 11.5 Å². The molecule has 6 nitrogen and oxygen atoms in total. The summed E-state index contributed by atoms with van der Waals surface area (Å²) in [5.41, 5.74) is 1.75. The van der Waals surface area contributed by atoms with Crippen molar-refractivity contribution < 1.29 is 14.6 Å². The van der Waals surface area contributed by atoms with Gasteiger partial charge in [0.15, 0.2) is 0 Å². The van der Waals surface area contributed by atoms with Gasteiger partial charge in [0.25, 0.3) is 0 Å². The molecule has 2 aromatic rings. The summed E-state index contributed by atoms with van der Waals surface area (Å²) in [4.78, 5) is 0. The van der Waals surface area contributed by atoms with Crippen LogP contribution in [0.2, 0.25) is 0 Å². The highest BCUT2D eigenvalue weighted by molar-refractivity contribution is 5.41. The maximum Gasteiger partial charge on any atom is 0.124 e. The minimum absolute atomic E-state index is 0.0360. The van der Waals surface area contributed by atoms with Crippen LogP contribution in [0.1, 0.15) is 38.0 Å². The number of aliphatic hydroxyl groups excluding tert-OH is 1. The number of hydrogen-bond donors (Lipinski definition) is 2. The Labute approximate surface area is 143 Å². The van der Waals surface area contributed by atoms with Gasteiger partial charge in [-0.25, -0.2) is 0 Å². The molecule has 0 radical (unpaired) electrons. The molecule has 1 heterocycles.